The van der Waals surface area contributed by atoms with E-state index in [9.17, 15) is 0 Å². The zero-order valence-electron chi connectivity index (χ0n) is 10.0. The van der Waals surface area contributed by atoms with Gasteiger partial charge in [0.05, 0.1) is 0 Å². The van der Waals surface area contributed by atoms with Gasteiger partial charge in [-0.1, -0.05) is 18.2 Å². The summed E-state index contributed by atoms with van der Waals surface area (Å²) in [6.45, 7) is 3.55. The summed E-state index contributed by atoms with van der Waals surface area (Å²) >= 11 is 0. The average molecular weight is 231 g/mol. The van der Waals surface area contributed by atoms with Crippen molar-refractivity contribution < 1.29 is 4.74 Å². The molecule has 0 N–H and O–H groups in total. The smallest absolute Gasteiger partial charge is 0.137 e. The molecule has 0 bridgehead atoms. The predicted octanol–water partition coefficient (Wildman–Crippen LogP) is 2.24. The Labute approximate surface area is 101 Å². The summed E-state index contributed by atoms with van der Waals surface area (Å²) < 4.78 is 7.34. The van der Waals surface area contributed by atoms with E-state index in [2.05, 4.69) is 22.3 Å². The molecular weight excluding hydrogens is 214 g/mol. The number of para-hydroxylation sites is 1. The third-order valence-electron chi connectivity index (χ3n) is 2.55. The minimum atomic E-state index is 0.769. The first-order chi connectivity index (χ1) is 8.42. The fraction of sp³-hybridized carbons (Fsp3) is 0.385. The molecule has 0 fully saturated rings. The van der Waals surface area contributed by atoms with Gasteiger partial charge in [0, 0.05) is 25.3 Å². The van der Waals surface area contributed by atoms with E-state index in [0.717, 1.165) is 37.6 Å². The second-order valence-corrected chi connectivity index (χ2v) is 3.75. The third kappa shape index (κ3) is 3.14. The lowest BCUT2D eigenvalue weighted by Gasteiger charge is -2.06. The number of benzene rings is 1. The van der Waals surface area contributed by atoms with Crippen LogP contribution in [0, 0.1) is 0 Å². The molecule has 17 heavy (non-hydrogen) atoms. The van der Waals surface area contributed by atoms with Crippen LogP contribution in [0.2, 0.25) is 0 Å². The van der Waals surface area contributed by atoms with E-state index in [4.69, 9.17) is 4.74 Å². The SMILES string of the molecule is CCOCCCc1nncn1-c1ccccc1. The topological polar surface area (TPSA) is 39.9 Å². The standard InChI is InChI=1S/C13H17N3O/c1-2-17-10-6-9-13-15-14-11-16(13)12-7-4-3-5-8-12/h3-5,7-8,11H,2,6,9-10H2,1H3. The van der Waals surface area contributed by atoms with Crippen molar-refractivity contribution in [2.45, 2.75) is 19.8 Å². The summed E-state index contributed by atoms with van der Waals surface area (Å²) in [5.74, 6) is 0.982. The van der Waals surface area contributed by atoms with Crippen molar-refractivity contribution in [3.63, 3.8) is 0 Å². The zero-order chi connectivity index (χ0) is 11.9. The summed E-state index contributed by atoms with van der Waals surface area (Å²) in [6.07, 6.45) is 3.61. The average Bonchev–Trinajstić information content (AvgIpc) is 2.84. The number of ether oxygens (including phenoxy) is 1. The first-order valence-electron chi connectivity index (χ1n) is 5.94. The van der Waals surface area contributed by atoms with E-state index in [1.807, 2.05) is 29.7 Å². The van der Waals surface area contributed by atoms with Crippen LogP contribution in [0.3, 0.4) is 0 Å². The molecule has 0 aliphatic heterocycles. The summed E-state index contributed by atoms with van der Waals surface area (Å²) in [5, 5.41) is 8.12. The molecule has 0 saturated carbocycles. The van der Waals surface area contributed by atoms with Gasteiger partial charge >= 0.3 is 0 Å². The van der Waals surface area contributed by atoms with Crippen molar-refractivity contribution in [3.8, 4) is 5.69 Å². The first-order valence-corrected chi connectivity index (χ1v) is 5.94. The van der Waals surface area contributed by atoms with Gasteiger partial charge in [-0.05, 0) is 25.5 Å². The molecule has 1 aromatic heterocycles. The maximum Gasteiger partial charge on any atom is 0.137 e. The van der Waals surface area contributed by atoms with Crippen LogP contribution in [0.5, 0.6) is 0 Å². The predicted molar refractivity (Wildman–Crippen MR) is 66.2 cm³/mol. The van der Waals surface area contributed by atoms with Gasteiger partial charge in [0.25, 0.3) is 0 Å². The van der Waals surface area contributed by atoms with Gasteiger partial charge in [-0.15, -0.1) is 10.2 Å². The van der Waals surface area contributed by atoms with Crippen LogP contribution in [0.25, 0.3) is 5.69 Å². The Bertz CT molecular complexity index is 439. The molecule has 1 heterocycles. The number of hydrogen-bond acceptors (Lipinski definition) is 3. The van der Waals surface area contributed by atoms with Gasteiger partial charge < -0.3 is 4.74 Å². The van der Waals surface area contributed by atoms with Crippen molar-refractivity contribution >= 4 is 0 Å². The van der Waals surface area contributed by atoms with Crippen LogP contribution < -0.4 is 0 Å². The second kappa shape index (κ2) is 6.15. The van der Waals surface area contributed by atoms with Crippen LogP contribution in [-0.2, 0) is 11.2 Å². The molecule has 0 atom stereocenters. The highest BCUT2D eigenvalue weighted by atomic mass is 16.5. The molecule has 4 nitrogen and oxygen atoms in total. The summed E-state index contributed by atoms with van der Waals surface area (Å²) in [4.78, 5) is 0. The third-order valence-corrected chi connectivity index (χ3v) is 2.55. The largest absolute Gasteiger partial charge is 0.382 e. The van der Waals surface area contributed by atoms with Gasteiger partial charge in [-0.2, -0.15) is 0 Å². The van der Waals surface area contributed by atoms with Crippen LogP contribution >= 0.6 is 0 Å². The molecule has 4 heteroatoms. The van der Waals surface area contributed by atoms with E-state index in [-0.39, 0.29) is 0 Å². The van der Waals surface area contributed by atoms with Gasteiger partial charge in [0.15, 0.2) is 0 Å². The van der Waals surface area contributed by atoms with Gasteiger partial charge in [-0.3, -0.25) is 4.57 Å². The Morgan fingerprint density at radius 2 is 2.06 bits per heavy atom. The molecule has 0 aliphatic carbocycles. The van der Waals surface area contributed by atoms with E-state index < -0.39 is 0 Å². The first kappa shape index (κ1) is 11.8. The molecule has 0 unspecified atom stereocenters. The summed E-state index contributed by atoms with van der Waals surface area (Å²) in [5.41, 5.74) is 1.10. The molecule has 0 radical (unpaired) electrons. The minimum absolute atomic E-state index is 0.769. The normalized spacial score (nSPS) is 10.6. The van der Waals surface area contributed by atoms with E-state index >= 15 is 0 Å². The van der Waals surface area contributed by atoms with E-state index in [0.29, 0.717) is 0 Å². The molecular formula is C13H17N3O. The Kier molecular flexibility index (Phi) is 4.27. The molecule has 1 aromatic carbocycles. The van der Waals surface area contributed by atoms with Gasteiger partial charge in [0.2, 0.25) is 0 Å². The van der Waals surface area contributed by atoms with Crippen molar-refractivity contribution in [3.05, 3.63) is 42.5 Å². The Morgan fingerprint density at radius 1 is 1.24 bits per heavy atom. The minimum Gasteiger partial charge on any atom is -0.382 e. The number of rotatable bonds is 6. The highest BCUT2D eigenvalue weighted by Crippen LogP contribution is 2.10. The van der Waals surface area contributed by atoms with Gasteiger partial charge in [-0.25, -0.2) is 0 Å². The van der Waals surface area contributed by atoms with Crippen LogP contribution in [-0.4, -0.2) is 28.0 Å². The number of aryl methyl sites for hydroxylation is 1. The lowest BCUT2D eigenvalue weighted by atomic mass is 10.3. The molecule has 2 aromatic rings. The molecule has 0 spiro atoms. The molecule has 0 saturated heterocycles. The number of nitrogens with zero attached hydrogens (tertiary/aromatic N) is 3. The molecule has 0 aliphatic rings. The number of hydrogen-bond donors (Lipinski definition) is 0. The van der Waals surface area contributed by atoms with E-state index in [1.165, 1.54) is 0 Å². The van der Waals surface area contributed by atoms with Crippen LogP contribution in [0.1, 0.15) is 19.2 Å². The summed E-state index contributed by atoms with van der Waals surface area (Å²) in [6, 6.07) is 10.1. The monoisotopic (exact) mass is 231 g/mol. The Morgan fingerprint density at radius 3 is 2.82 bits per heavy atom. The molecule has 90 valence electrons. The van der Waals surface area contributed by atoms with Crippen molar-refractivity contribution in [2.75, 3.05) is 13.2 Å². The second-order valence-electron chi connectivity index (χ2n) is 3.75. The fourth-order valence-corrected chi connectivity index (χ4v) is 1.71. The van der Waals surface area contributed by atoms with Crippen molar-refractivity contribution in [1.29, 1.82) is 0 Å². The Balaban J connectivity index is 2.02. The molecule has 0 amide bonds. The highest BCUT2D eigenvalue weighted by Gasteiger charge is 2.05. The van der Waals surface area contributed by atoms with Gasteiger partial charge in [0.1, 0.15) is 12.2 Å². The maximum absolute atomic E-state index is 5.32. The quantitative estimate of drug-likeness (QED) is 0.716. The van der Waals surface area contributed by atoms with Crippen molar-refractivity contribution in [2.24, 2.45) is 0 Å². The van der Waals surface area contributed by atoms with Crippen LogP contribution in [0.15, 0.2) is 36.7 Å². The highest BCUT2D eigenvalue weighted by molar-refractivity contribution is 5.31. The van der Waals surface area contributed by atoms with E-state index in [1.54, 1.807) is 6.33 Å². The zero-order valence-corrected chi connectivity index (χ0v) is 10.0. The lowest BCUT2D eigenvalue weighted by Crippen LogP contribution is -2.03. The fourth-order valence-electron chi connectivity index (χ4n) is 1.71. The van der Waals surface area contributed by atoms with Crippen molar-refractivity contribution in [1.82, 2.24) is 14.8 Å². The summed E-state index contributed by atoms with van der Waals surface area (Å²) in [7, 11) is 0. The number of aromatic nitrogens is 3. The lowest BCUT2D eigenvalue weighted by molar-refractivity contribution is 0.144. The van der Waals surface area contributed by atoms with Crippen LogP contribution in [0.4, 0.5) is 0 Å². The molecule has 2 rings (SSSR count). The maximum atomic E-state index is 5.32. The Hall–Kier alpha value is -1.68.